The average molecular weight is 211 g/mol. The summed E-state index contributed by atoms with van der Waals surface area (Å²) in [5, 5.41) is 7.78. The molecule has 0 spiro atoms. The summed E-state index contributed by atoms with van der Waals surface area (Å²) >= 11 is 1.86. The number of rotatable bonds is 3. The quantitative estimate of drug-likeness (QED) is 0.790. The van der Waals surface area contributed by atoms with Gasteiger partial charge in [0, 0.05) is 23.9 Å². The number of aryl methyl sites for hydroxylation is 1. The van der Waals surface area contributed by atoms with Gasteiger partial charge in [-0.2, -0.15) is 0 Å². The normalized spacial score (nSPS) is 21.7. The van der Waals surface area contributed by atoms with Crippen LogP contribution in [0.5, 0.6) is 0 Å². The molecule has 0 bridgehead atoms. The van der Waals surface area contributed by atoms with Crippen LogP contribution in [-0.4, -0.2) is 25.1 Å². The van der Waals surface area contributed by atoms with E-state index in [9.17, 15) is 0 Å². The zero-order valence-corrected chi connectivity index (χ0v) is 9.58. The van der Waals surface area contributed by atoms with Crippen molar-refractivity contribution in [3.63, 3.8) is 0 Å². The Hall–Kier alpha value is -0.450. The van der Waals surface area contributed by atoms with Gasteiger partial charge in [0.2, 0.25) is 0 Å². The average Bonchev–Trinajstić information content (AvgIpc) is 2.74. The molecule has 14 heavy (non-hydrogen) atoms. The Morgan fingerprint density at radius 3 is 3.14 bits per heavy atom. The number of nitrogens with one attached hydrogen (secondary N) is 2. The molecular weight excluding hydrogens is 194 g/mol. The molecule has 0 aromatic carbocycles. The van der Waals surface area contributed by atoms with E-state index in [1.54, 1.807) is 0 Å². The number of hydrogen-bond donors (Lipinski definition) is 2. The lowest BCUT2D eigenvalue weighted by Gasteiger charge is -2.07. The van der Waals surface area contributed by atoms with Crippen LogP contribution in [-0.2, 0) is 6.54 Å². The minimum absolute atomic E-state index is 0.699. The Morgan fingerprint density at radius 1 is 1.64 bits per heavy atom. The molecule has 4 heteroatoms. The molecule has 0 radical (unpaired) electrons. The first-order valence-corrected chi connectivity index (χ1v) is 5.94. The Balaban J connectivity index is 2.21. The highest BCUT2D eigenvalue weighted by molar-refractivity contribution is 7.11. The minimum Gasteiger partial charge on any atom is -0.316 e. The fourth-order valence-electron chi connectivity index (χ4n) is 1.98. The zero-order chi connectivity index (χ0) is 9.97. The highest BCUT2D eigenvalue weighted by Crippen LogP contribution is 2.30. The summed E-state index contributed by atoms with van der Waals surface area (Å²) in [5.74, 6) is 0.699. The Kier molecular flexibility index (Phi) is 3.15. The maximum absolute atomic E-state index is 4.57. The van der Waals surface area contributed by atoms with E-state index >= 15 is 0 Å². The lowest BCUT2D eigenvalue weighted by molar-refractivity contribution is 0.730. The molecule has 0 saturated carbocycles. The summed E-state index contributed by atoms with van der Waals surface area (Å²) in [6.07, 6.45) is 1.26. The van der Waals surface area contributed by atoms with E-state index in [2.05, 4.69) is 22.5 Å². The van der Waals surface area contributed by atoms with Crippen molar-refractivity contribution in [2.45, 2.75) is 25.8 Å². The maximum Gasteiger partial charge on any atom is 0.0900 e. The highest BCUT2D eigenvalue weighted by Gasteiger charge is 2.22. The molecule has 0 aliphatic carbocycles. The Bertz CT molecular complexity index is 302. The highest BCUT2D eigenvalue weighted by atomic mass is 32.1. The predicted molar refractivity (Wildman–Crippen MR) is 59.8 cm³/mol. The van der Waals surface area contributed by atoms with Crippen LogP contribution in [0.15, 0.2) is 0 Å². The Morgan fingerprint density at radius 2 is 2.50 bits per heavy atom. The summed E-state index contributed by atoms with van der Waals surface area (Å²) in [4.78, 5) is 6.06. The van der Waals surface area contributed by atoms with Crippen LogP contribution in [0.3, 0.4) is 0 Å². The third-order valence-corrected chi connectivity index (χ3v) is 3.79. The van der Waals surface area contributed by atoms with Gasteiger partial charge in [-0.3, -0.25) is 0 Å². The third-order valence-electron chi connectivity index (χ3n) is 2.61. The van der Waals surface area contributed by atoms with Crippen molar-refractivity contribution < 1.29 is 0 Å². The summed E-state index contributed by atoms with van der Waals surface area (Å²) in [5.41, 5.74) is 1.25. The molecule has 1 saturated heterocycles. The molecule has 2 N–H and O–H groups in total. The molecule has 0 amide bonds. The van der Waals surface area contributed by atoms with Gasteiger partial charge in [0.05, 0.1) is 10.7 Å². The molecule has 0 unspecified atom stereocenters. The molecule has 3 nitrogen and oxygen atoms in total. The van der Waals surface area contributed by atoms with Crippen molar-refractivity contribution >= 4 is 11.3 Å². The lowest BCUT2D eigenvalue weighted by Crippen LogP contribution is -2.11. The topological polar surface area (TPSA) is 37.0 Å². The number of aromatic nitrogens is 1. The van der Waals surface area contributed by atoms with Crippen LogP contribution >= 0.6 is 11.3 Å². The van der Waals surface area contributed by atoms with Crippen molar-refractivity contribution in [1.29, 1.82) is 0 Å². The van der Waals surface area contributed by atoms with Crippen LogP contribution in [0.1, 0.15) is 27.9 Å². The van der Waals surface area contributed by atoms with Gasteiger partial charge in [0.25, 0.3) is 0 Å². The lowest BCUT2D eigenvalue weighted by atomic mass is 10.1. The first-order chi connectivity index (χ1) is 6.81. The molecule has 1 fully saturated rings. The molecule has 1 aliphatic rings. The van der Waals surface area contributed by atoms with Crippen molar-refractivity contribution in [2.75, 3.05) is 20.1 Å². The fourth-order valence-corrected chi connectivity index (χ4v) is 3.06. The van der Waals surface area contributed by atoms with Gasteiger partial charge in [-0.05, 0) is 26.9 Å². The molecule has 2 rings (SSSR count). The fraction of sp³-hybridized carbons (Fsp3) is 0.700. The van der Waals surface area contributed by atoms with E-state index in [0.717, 1.165) is 19.6 Å². The molecule has 1 aliphatic heterocycles. The molecule has 1 aromatic heterocycles. The van der Waals surface area contributed by atoms with Gasteiger partial charge >= 0.3 is 0 Å². The number of hydrogen-bond acceptors (Lipinski definition) is 4. The van der Waals surface area contributed by atoms with Gasteiger partial charge in [-0.1, -0.05) is 0 Å². The molecular formula is C10H17N3S. The largest absolute Gasteiger partial charge is 0.316 e. The molecule has 2 heterocycles. The van der Waals surface area contributed by atoms with Gasteiger partial charge < -0.3 is 10.6 Å². The van der Waals surface area contributed by atoms with Gasteiger partial charge in [-0.15, -0.1) is 11.3 Å². The summed E-state index contributed by atoms with van der Waals surface area (Å²) in [7, 11) is 1.98. The SMILES string of the molecule is CNCc1nc(C)sc1[C@H]1CCNC1. The second-order valence-electron chi connectivity index (χ2n) is 3.76. The first kappa shape index (κ1) is 10.1. The smallest absolute Gasteiger partial charge is 0.0900 e. The van der Waals surface area contributed by atoms with Crippen LogP contribution in [0.4, 0.5) is 0 Å². The van der Waals surface area contributed by atoms with E-state index in [0.29, 0.717) is 5.92 Å². The van der Waals surface area contributed by atoms with Crippen molar-refractivity contribution in [2.24, 2.45) is 0 Å². The standard InChI is InChI=1S/C10H17N3S/c1-7-13-9(6-11-2)10(14-7)8-3-4-12-5-8/h8,11-12H,3-6H2,1-2H3/t8-/m0/s1. The van der Waals surface area contributed by atoms with Crippen LogP contribution in [0, 0.1) is 6.92 Å². The second-order valence-corrected chi connectivity index (χ2v) is 5.00. The Labute approximate surface area is 88.9 Å². The van der Waals surface area contributed by atoms with E-state index < -0.39 is 0 Å². The summed E-state index contributed by atoms with van der Waals surface area (Å²) in [6, 6.07) is 0. The van der Waals surface area contributed by atoms with Gasteiger partial charge in [-0.25, -0.2) is 4.98 Å². The molecule has 78 valence electrons. The van der Waals surface area contributed by atoms with Crippen LogP contribution in [0.25, 0.3) is 0 Å². The molecule has 1 aromatic rings. The van der Waals surface area contributed by atoms with E-state index in [-0.39, 0.29) is 0 Å². The van der Waals surface area contributed by atoms with E-state index in [1.165, 1.54) is 22.0 Å². The summed E-state index contributed by atoms with van der Waals surface area (Å²) in [6.45, 7) is 5.27. The maximum atomic E-state index is 4.57. The van der Waals surface area contributed by atoms with E-state index in [4.69, 9.17) is 0 Å². The predicted octanol–water partition coefficient (Wildman–Crippen LogP) is 1.25. The summed E-state index contributed by atoms with van der Waals surface area (Å²) < 4.78 is 0. The molecule has 1 atom stereocenters. The van der Waals surface area contributed by atoms with Gasteiger partial charge in [0.15, 0.2) is 0 Å². The second kappa shape index (κ2) is 4.38. The van der Waals surface area contributed by atoms with Gasteiger partial charge in [0.1, 0.15) is 0 Å². The third kappa shape index (κ3) is 1.97. The number of thiazole rings is 1. The van der Waals surface area contributed by atoms with E-state index in [1.807, 2.05) is 18.4 Å². The van der Waals surface area contributed by atoms with Crippen molar-refractivity contribution in [3.8, 4) is 0 Å². The van der Waals surface area contributed by atoms with Crippen molar-refractivity contribution in [1.82, 2.24) is 15.6 Å². The number of nitrogens with zero attached hydrogens (tertiary/aromatic N) is 1. The first-order valence-electron chi connectivity index (χ1n) is 5.12. The van der Waals surface area contributed by atoms with Crippen LogP contribution in [0.2, 0.25) is 0 Å². The zero-order valence-electron chi connectivity index (χ0n) is 8.76. The van der Waals surface area contributed by atoms with Crippen molar-refractivity contribution in [3.05, 3.63) is 15.6 Å². The monoisotopic (exact) mass is 211 g/mol. The minimum atomic E-state index is 0.699. The van der Waals surface area contributed by atoms with Crippen LogP contribution < -0.4 is 10.6 Å².